The van der Waals surface area contributed by atoms with E-state index in [9.17, 15) is 4.79 Å². The van der Waals surface area contributed by atoms with E-state index in [0.717, 1.165) is 37.2 Å². The SMILES string of the molecule is CC(C)(C)OC(=O)N1CCC(c2nc(CC3CC3c3ccc(S)cc3)cs2)CC1. The summed E-state index contributed by atoms with van der Waals surface area (Å²) in [6.45, 7) is 7.23. The summed E-state index contributed by atoms with van der Waals surface area (Å²) in [6.07, 6.45) is 4.07. The van der Waals surface area contributed by atoms with E-state index in [1.807, 2.05) is 25.7 Å². The zero-order valence-electron chi connectivity index (χ0n) is 17.4. The van der Waals surface area contributed by atoms with Gasteiger partial charge in [0.1, 0.15) is 5.60 Å². The van der Waals surface area contributed by atoms with Gasteiger partial charge in [-0.05, 0) is 76.0 Å². The second-order valence-corrected chi connectivity index (χ2v) is 10.7. The Kier molecular flexibility index (Phi) is 5.94. The summed E-state index contributed by atoms with van der Waals surface area (Å²) in [5.74, 6) is 1.85. The van der Waals surface area contributed by atoms with Gasteiger partial charge in [0.05, 0.1) is 10.7 Å². The average molecular weight is 431 g/mol. The number of likely N-dealkylation sites (tertiary alicyclic amines) is 1. The molecular formula is C23H30N2O2S2. The summed E-state index contributed by atoms with van der Waals surface area (Å²) in [5.41, 5.74) is 2.23. The van der Waals surface area contributed by atoms with E-state index in [4.69, 9.17) is 9.72 Å². The molecule has 4 rings (SSSR count). The van der Waals surface area contributed by atoms with Crippen LogP contribution in [0.15, 0.2) is 34.5 Å². The molecule has 1 aromatic heterocycles. The van der Waals surface area contributed by atoms with Gasteiger partial charge < -0.3 is 9.64 Å². The maximum atomic E-state index is 12.2. The number of nitrogens with zero attached hydrogens (tertiary/aromatic N) is 2. The third kappa shape index (κ3) is 5.34. The molecular weight excluding hydrogens is 400 g/mol. The number of hydrogen-bond donors (Lipinski definition) is 1. The van der Waals surface area contributed by atoms with Gasteiger partial charge in [-0.15, -0.1) is 24.0 Å². The Hall–Kier alpha value is -1.53. The maximum Gasteiger partial charge on any atom is 0.410 e. The summed E-state index contributed by atoms with van der Waals surface area (Å²) in [4.78, 5) is 20.1. The molecule has 1 aliphatic heterocycles. The predicted molar refractivity (Wildman–Crippen MR) is 120 cm³/mol. The van der Waals surface area contributed by atoms with Crippen molar-refractivity contribution in [3.63, 3.8) is 0 Å². The van der Waals surface area contributed by atoms with E-state index in [-0.39, 0.29) is 6.09 Å². The minimum atomic E-state index is -0.437. The summed E-state index contributed by atoms with van der Waals surface area (Å²) in [5, 5.41) is 3.47. The molecule has 2 heterocycles. The van der Waals surface area contributed by atoms with Gasteiger partial charge in [0.25, 0.3) is 0 Å². The summed E-state index contributed by atoms with van der Waals surface area (Å²) in [6, 6.07) is 8.58. The molecule has 0 radical (unpaired) electrons. The van der Waals surface area contributed by atoms with Crippen molar-refractivity contribution in [3.8, 4) is 0 Å². The number of thiol groups is 1. The topological polar surface area (TPSA) is 42.4 Å². The second kappa shape index (κ2) is 8.31. The molecule has 0 N–H and O–H groups in total. The third-order valence-electron chi connectivity index (χ3n) is 5.78. The fraction of sp³-hybridized carbons (Fsp3) is 0.565. The van der Waals surface area contributed by atoms with Crippen LogP contribution < -0.4 is 0 Å². The number of hydrogen-bond acceptors (Lipinski definition) is 5. The Morgan fingerprint density at radius 2 is 1.93 bits per heavy atom. The molecule has 2 atom stereocenters. The normalized spacial score (nSPS) is 22.6. The van der Waals surface area contributed by atoms with Gasteiger partial charge in [-0.25, -0.2) is 9.78 Å². The maximum absolute atomic E-state index is 12.2. The lowest BCUT2D eigenvalue weighted by Gasteiger charge is -2.32. The van der Waals surface area contributed by atoms with Crippen molar-refractivity contribution in [1.82, 2.24) is 9.88 Å². The molecule has 6 heteroatoms. The first-order valence-corrected chi connectivity index (χ1v) is 11.8. The molecule has 1 saturated heterocycles. The number of benzene rings is 1. The van der Waals surface area contributed by atoms with E-state index in [2.05, 4.69) is 42.3 Å². The number of amides is 1. The number of rotatable bonds is 4. The fourth-order valence-corrected chi connectivity index (χ4v) is 5.26. The van der Waals surface area contributed by atoms with Crippen LogP contribution in [0.2, 0.25) is 0 Å². The van der Waals surface area contributed by atoms with Gasteiger partial charge in [0.15, 0.2) is 0 Å². The van der Waals surface area contributed by atoms with Crippen LogP contribution in [0.3, 0.4) is 0 Å². The van der Waals surface area contributed by atoms with Gasteiger partial charge in [-0.3, -0.25) is 0 Å². The van der Waals surface area contributed by atoms with Crippen molar-refractivity contribution in [1.29, 1.82) is 0 Å². The lowest BCUT2D eigenvalue weighted by atomic mass is 9.98. The minimum Gasteiger partial charge on any atom is -0.444 e. The largest absolute Gasteiger partial charge is 0.444 e. The number of carbonyl (C=O) groups excluding carboxylic acids is 1. The standard InChI is InChI=1S/C23H30N2O2S2/c1-23(2,3)27-22(26)25-10-8-16(9-11-25)21-24-18(14-29-21)12-17-13-20(17)15-4-6-19(28)7-5-15/h4-7,14,16-17,20,28H,8-13H2,1-3H3. The lowest BCUT2D eigenvalue weighted by molar-refractivity contribution is 0.0205. The van der Waals surface area contributed by atoms with E-state index in [1.54, 1.807) is 11.3 Å². The minimum absolute atomic E-state index is 0.193. The Balaban J connectivity index is 1.27. The second-order valence-electron chi connectivity index (χ2n) is 9.32. The first-order valence-electron chi connectivity index (χ1n) is 10.5. The molecule has 2 fully saturated rings. The molecule has 0 spiro atoms. The number of carbonyl (C=O) groups is 1. The van der Waals surface area contributed by atoms with Gasteiger partial charge >= 0.3 is 6.09 Å². The summed E-state index contributed by atoms with van der Waals surface area (Å²) >= 11 is 6.16. The van der Waals surface area contributed by atoms with Crippen LogP contribution in [-0.2, 0) is 11.2 Å². The number of piperidine rings is 1. The Morgan fingerprint density at radius 3 is 2.59 bits per heavy atom. The molecule has 4 nitrogen and oxygen atoms in total. The van der Waals surface area contributed by atoms with Gasteiger partial charge in [0, 0.05) is 29.3 Å². The van der Waals surface area contributed by atoms with Gasteiger partial charge in [-0.2, -0.15) is 0 Å². The van der Waals surface area contributed by atoms with Crippen molar-refractivity contribution >= 4 is 30.1 Å². The Morgan fingerprint density at radius 1 is 1.24 bits per heavy atom. The first-order chi connectivity index (χ1) is 13.8. The van der Waals surface area contributed by atoms with Crippen LogP contribution in [0.1, 0.15) is 68.1 Å². The zero-order valence-corrected chi connectivity index (χ0v) is 19.1. The van der Waals surface area contributed by atoms with Crippen LogP contribution in [-0.4, -0.2) is 34.7 Å². The van der Waals surface area contributed by atoms with Crippen molar-refractivity contribution in [2.24, 2.45) is 5.92 Å². The fourth-order valence-electron chi connectivity index (χ4n) is 4.11. The highest BCUT2D eigenvalue weighted by molar-refractivity contribution is 7.80. The molecule has 1 aliphatic carbocycles. The molecule has 2 aliphatic rings. The van der Waals surface area contributed by atoms with Crippen LogP contribution >= 0.6 is 24.0 Å². The van der Waals surface area contributed by atoms with Crippen LogP contribution in [0, 0.1) is 5.92 Å². The smallest absolute Gasteiger partial charge is 0.410 e. The van der Waals surface area contributed by atoms with E-state index in [1.165, 1.54) is 22.7 Å². The van der Waals surface area contributed by atoms with E-state index < -0.39 is 5.60 Å². The van der Waals surface area contributed by atoms with Crippen LogP contribution in [0.5, 0.6) is 0 Å². The first kappa shape index (κ1) is 20.7. The lowest BCUT2D eigenvalue weighted by Crippen LogP contribution is -2.41. The molecule has 156 valence electrons. The number of ether oxygens (including phenoxy) is 1. The van der Waals surface area contributed by atoms with Gasteiger partial charge in [0.2, 0.25) is 0 Å². The molecule has 0 bridgehead atoms. The molecule has 1 aromatic carbocycles. The highest BCUT2D eigenvalue weighted by atomic mass is 32.1. The number of aromatic nitrogens is 1. The van der Waals surface area contributed by atoms with Gasteiger partial charge in [-0.1, -0.05) is 12.1 Å². The monoisotopic (exact) mass is 430 g/mol. The van der Waals surface area contributed by atoms with Crippen LogP contribution in [0.25, 0.3) is 0 Å². The molecule has 1 amide bonds. The molecule has 29 heavy (non-hydrogen) atoms. The number of thiazole rings is 1. The van der Waals surface area contributed by atoms with Crippen molar-refractivity contribution in [2.75, 3.05) is 13.1 Å². The molecule has 2 unspecified atom stereocenters. The summed E-state index contributed by atoms with van der Waals surface area (Å²) < 4.78 is 5.50. The average Bonchev–Trinajstić information content (AvgIpc) is 3.27. The third-order valence-corrected chi connectivity index (χ3v) is 7.13. The van der Waals surface area contributed by atoms with Crippen LogP contribution in [0.4, 0.5) is 4.79 Å². The summed E-state index contributed by atoms with van der Waals surface area (Å²) in [7, 11) is 0. The molecule has 1 saturated carbocycles. The van der Waals surface area contributed by atoms with Crippen molar-refractivity contribution in [2.45, 2.75) is 68.8 Å². The highest BCUT2D eigenvalue weighted by Gasteiger charge is 2.38. The van der Waals surface area contributed by atoms with Crippen molar-refractivity contribution in [3.05, 3.63) is 45.9 Å². The zero-order chi connectivity index (χ0) is 20.6. The quantitative estimate of drug-likeness (QED) is 0.615. The predicted octanol–water partition coefficient (Wildman–Crippen LogP) is 5.89. The highest BCUT2D eigenvalue weighted by Crippen LogP contribution is 2.49. The molecule has 2 aromatic rings. The van der Waals surface area contributed by atoms with E-state index >= 15 is 0 Å². The Labute approximate surface area is 183 Å². The van der Waals surface area contributed by atoms with E-state index in [0.29, 0.717) is 17.8 Å². The van der Waals surface area contributed by atoms with Crippen molar-refractivity contribution < 1.29 is 9.53 Å². The Bertz CT molecular complexity index is 849.